The Morgan fingerprint density at radius 1 is 1.05 bits per heavy atom. The molecule has 108 valence electrons. The highest BCUT2D eigenvalue weighted by Crippen LogP contribution is 2.35. The first kappa shape index (κ1) is 13.5. The third-order valence-corrected chi connectivity index (χ3v) is 5.36. The average Bonchev–Trinajstić information content (AvgIpc) is 2.87. The fourth-order valence-electron chi connectivity index (χ4n) is 2.54. The largest absolute Gasteiger partial charge is 0.274 e. The van der Waals surface area contributed by atoms with E-state index in [1.165, 1.54) is 4.68 Å². The van der Waals surface area contributed by atoms with E-state index in [0.717, 1.165) is 20.3 Å². The van der Waals surface area contributed by atoms with Crippen LogP contribution in [0.25, 0.3) is 20.9 Å². The molecular formula is C17H11ClN2OS. The van der Waals surface area contributed by atoms with E-state index in [0.29, 0.717) is 17.0 Å². The lowest BCUT2D eigenvalue weighted by molar-refractivity contribution is 0.654. The van der Waals surface area contributed by atoms with Crippen molar-refractivity contribution in [1.29, 1.82) is 0 Å². The van der Waals surface area contributed by atoms with Gasteiger partial charge < -0.3 is 0 Å². The predicted molar refractivity (Wildman–Crippen MR) is 91.9 cm³/mol. The van der Waals surface area contributed by atoms with E-state index < -0.39 is 0 Å². The first-order valence-corrected chi connectivity index (χ1v) is 8.04. The Kier molecular flexibility index (Phi) is 3.21. The third kappa shape index (κ3) is 2.12. The molecule has 5 heteroatoms. The summed E-state index contributed by atoms with van der Waals surface area (Å²) in [5, 5.41) is 7.53. The van der Waals surface area contributed by atoms with Gasteiger partial charge in [-0.1, -0.05) is 48.0 Å². The first-order valence-electron chi connectivity index (χ1n) is 6.85. The summed E-state index contributed by atoms with van der Waals surface area (Å²) in [4.78, 5) is 13.5. The van der Waals surface area contributed by atoms with E-state index in [9.17, 15) is 4.79 Å². The third-order valence-electron chi connectivity index (χ3n) is 3.66. The van der Waals surface area contributed by atoms with Crippen LogP contribution < -0.4 is 5.56 Å². The molecule has 0 aliphatic carbocycles. The summed E-state index contributed by atoms with van der Waals surface area (Å²) in [6.45, 7) is 0.391. The van der Waals surface area contributed by atoms with Crippen molar-refractivity contribution in [3.05, 3.63) is 75.0 Å². The molecule has 0 N–H and O–H groups in total. The molecule has 3 nitrogen and oxygen atoms in total. The van der Waals surface area contributed by atoms with Gasteiger partial charge in [0.2, 0.25) is 0 Å². The number of nitrogens with zero attached hydrogens (tertiary/aromatic N) is 2. The Morgan fingerprint density at radius 3 is 2.59 bits per heavy atom. The van der Waals surface area contributed by atoms with Gasteiger partial charge >= 0.3 is 0 Å². The SMILES string of the molecule is O=c1c2ccccc2cnn1Cc1sc2ccccc2c1Cl. The molecule has 0 fully saturated rings. The number of hydrogen-bond acceptors (Lipinski definition) is 3. The first-order chi connectivity index (χ1) is 10.7. The number of rotatable bonds is 2. The van der Waals surface area contributed by atoms with Crippen molar-refractivity contribution in [2.24, 2.45) is 0 Å². The second-order valence-corrected chi connectivity index (χ2v) is 6.54. The van der Waals surface area contributed by atoms with Gasteiger partial charge in [-0.25, -0.2) is 4.68 Å². The molecule has 4 aromatic rings. The summed E-state index contributed by atoms with van der Waals surface area (Å²) in [6.07, 6.45) is 1.72. The number of benzene rings is 2. The molecule has 0 saturated carbocycles. The minimum Gasteiger partial charge on any atom is -0.267 e. The molecule has 0 amide bonds. The van der Waals surface area contributed by atoms with Crippen LogP contribution in [-0.2, 0) is 6.54 Å². The number of thiophene rings is 1. The van der Waals surface area contributed by atoms with Crippen LogP contribution >= 0.6 is 22.9 Å². The summed E-state index contributed by atoms with van der Waals surface area (Å²) in [6, 6.07) is 15.4. The fourth-order valence-corrected chi connectivity index (χ4v) is 4.02. The highest BCUT2D eigenvalue weighted by Gasteiger charge is 2.12. The van der Waals surface area contributed by atoms with Gasteiger partial charge in [0.05, 0.1) is 23.2 Å². The smallest absolute Gasteiger partial charge is 0.267 e. The predicted octanol–water partition coefficient (Wildman–Crippen LogP) is 4.31. The van der Waals surface area contributed by atoms with Crippen molar-refractivity contribution in [2.75, 3.05) is 0 Å². The highest BCUT2D eigenvalue weighted by molar-refractivity contribution is 7.19. The van der Waals surface area contributed by atoms with Gasteiger partial charge in [0.15, 0.2) is 0 Å². The lowest BCUT2D eigenvalue weighted by Crippen LogP contribution is -2.22. The van der Waals surface area contributed by atoms with Crippen molar-refractivity contribution in [3.8, 4) is 0 Å². The summed E-state index contributed by atoms with van der Waals surface area (Å²) in [7, 11) is 0. The molecule has 0 aliphatic heterocycles. The highest BCUT2D eigenvalue weighted by atomic mass is 35.5. The van der Waals surface area contributed by atoms with Crippen LogP contribution in [0.15, 0.2) is 59.5 Å². The van der Waals surface area contributed by atoms with E-state index >= 15 is 0 Å². The quantitative estimate of drug-likeness (QED) is 0.550. The number of hydrogen-bond donors (Lipinski definition) is 0. The zero-order valence-electron chi connectivity index (χ0n) is 11.5. The standard InChI is InChI=1S/C17H11ClN2OS/c18-16-13-7-3-4-8-14(13)22-15(16)10-20-17(21)12-6-2-1-5-11(12)9-19-20/h1-9H,10H2. The maximum Gasteiger partial charge on any atom is 0.274 e. The normalized spacial score (nSPS) is 11.3. The molecule has 0 radical (unpaired) electrons. The second kappa shape index (κ2) is 5.23. The van der Waals surface area contributed by atoms with E-state index in [-0.39, 0.29) is 5.56 Å². The van der Waals surface area contributed by atoms with Gasteiger partial charge in [-0.3, -0.25) is 4.79 Å². The minimum absolute atomic E-state index is 0.0911. The number of aromatic nitrogens is 2. The average molecular weight is 327 g/mol. The lowest BCUT2D eigenvalue weighted by Gasteiger charge is -2.04. The van der Waals surface area contributed by atoms with Gasteiger partial charge in [0.25, 0.3) is 5.56 Å². The van der Waals surface area contributed by atoms with Crippen LogP contribution in [0.1, 0.15) is 4.88 Å². The molecule has 22 heavy (non-hydrogen) atoms. The Labute approximate surface area is 135 Å². The molecule has 0 spiro atoms. The second-order valence-electron chi connectivity index (χ2n) is 5.03. The molecule has 2 aromatic heterocycles. The fraction of sp³-hybridized carbons (Fsp3) is 0.0588. The number of halogens is 1. The van der Waals surface area contributed by atoms with E-state index in [1.54, 1.807) is 17.5 Å². The molecule has 4 rings (SSSR count). The molecule has 0 unspecified atom stereocenters. The summed E-state index contributed by atoms with van der Waals surface area (Å²) in [5.74, 6) is 0. The molecule has 0 bridgehead atoms. The zero-order valence-corrected chi connectivity index (χ0v) is 13.1. The summed E-state index contributed by atoms with van der Waals surface area (Å²) < 4.78 is 2.59. The van der Waals surface area contributed by atoms with Crippen molar-refractivity contribution < 1.29 is 0 Å². The van der Waals surface area contributed by atoms with Gasteiger partial charge in [0.1, 0.15) is 0 Å². The molecule has 2 heterocycles. The van der Waals surface area contributed by atoms with Gasteiger partial charge in [-0.05, 0) is 12.1 Å². The van der Waals surface area contributed by atoms with E-state index in [1.807, 2.05) is 48.5 Å². The van der Waals surface area contributed by atoms with Gasteiger partial charge in [-0.2, -0.15) is 5.10 Å². The van der Waals surface area contributed by atoms with Gasteiger partial charge in [-0.15, -0.1) is 11.3 Å². The molecule has 0 atom stereocenters. The molecule has 0 aliphatic rings. The van der Waals surface area contributed by atoms with Crippen LogP contribution in [0.4, 0.5) is 0 Å². The van der Waals surface area contributed by atoms with Crippen molar-refractivity contribution >= 4 is 43.8 Å². The maximum absolute atomic E-state index is 12.5. The lowest BCUT2D eigenvalue weighted by atomic mass is 10.2. The van der Waals surface area contributed by atoms with E-state index in [4.69, 9.17) is 11.6 Å². The zero-order chi connectivity index (χ0) is 15.1. The molecule has 2 aromatic carbocycles. The van der Waals surface area contributed by atoms with E-state index in [2.05, 4.69) is 5.10 Å². The van der Waals surface area contributed by atoms with Crippen LogP contribution in [-0.4, -0.2) is 9.78 Å². The van der Waals surface area contributed by atoms with Crippen LogP contribution in [0.3, 0.4) is 0 Å². The van der Waals surface area contributed by atoms with Crippen LogP contribution in [0.2, 0.25) is 5.02 Å². The number of fused-ring (bicyclic) bond motifs is 2. The summed E-state index contributed by atoms with van der Waals surface area (Å²) >= 11 is 8.05. The monoisotopic (exact) mass is 326 g/mol. The Morgan fingerprint density at radius 2 is 1.77 bits per heavy atom. The minimum atomic E-state index is -0.0911. The van der Waals surface area contributed by atoms with Crippen LogP contribution in [0.5, 0.6) is 0 Å². The topological polar surface area (TPSA) is 34.9 Å². The van der Waals surface area contributed by atoms with Gasteiger partial charge in [0, 0.05) is 20.3 Å². The Hall–Kier alpha value is -2.17. The van der Waals surface area contributed by atoms with Crippen LogP contribution in [0, 0.1) is 0 Å². The summed E-state index contributed by atoms with van der Waals surface area (Å²) in [5.41, 5.74) is -0.0911. The molecular weight excluding hydrogens is 316 g/mol. The Bertz CT molecular complexity index is 1050. The molecule has 0 saturated heterocycles. The van der Waals surface area contributed by atoms with Crippen molar-refractivity contribution in [2.45, 2.75) is 6.54 Å². The van der Waals surface area contributed by atoms with Crippen molar-refractivity contribution in [3.63, 3.8) is 0 Å². The maximum atomic E-state index is 12.5. The Balaban J connectivity index is 1.84. The van der Waals surface area contributed by atoms with Crippen molar-refractivity contribution in [1.82, 2.24) is 9.78 Å².